The van der Waals surface area contributed by atoms with Gasteiger partial charge in [-0.25, -0.2) is 14.4 Å². The van der Waals surface area contributed by atoms with E-state index in [1.54, 1.807) is 24.7 Å². The number of rotatable bonds is 6. The first kappa shape index (κ1) is 19.7. The summed E-state index contributed by atoms with van der Waals surface area (Å²) in [6, 6.07) is 6.89. The molecule has 160 valence electrons. The minimum Gasteiger partial charge on any atom is -0.368 e. The normalized spacial score (nSPS) is 17.8. The summed E-state index contributed by atoms with van der Waals surface area (Å²) in [5, 5.41) is 15.3. The average Bonchev–Trinajstić information content (AvgIpc) is 2.81. The summed E-state index contributed by atoms with van der Waals surface area (Å²) in [7, 11) is 0. The SMILES string of the molecule is Fc1cccnc1C1(CNc2ccc(-c3cnc(N4CCNCC4)nc3)nn2)CCC1. The van der Waals surface area contributed by atoms with Gasteiger partial charge in [-0.3, -0.25) is 4.98 Å². The van der Waals surface area contributed by atoms with Gasteiger partial charge in [0, 0.05) is 62.3 Å². The topological polar surface area (TPSA) is 91.8 Å². The maximum absolute atomic E-state index is 14.3. The molecule has 0 bridgehead atoms. The number of aromatic nitrogens is 5. The quantitative estimate of drug-likeness (QED) is 0.628. The molecule has 0 radical (unpaired) electrons. The highest BCUT2D eigenvalue weighted by atomic mass is 19.1. The maximum atomic E-state index is 14.3. The molecule has 2 fully saturated rings. The minimum atomic E-state index is -0.278. The molecule has 0 spiro atoms. The van der Waals surface area contributed by atoms with Crippen LogP contribution in [0.3, 0.4) is 0 Å². The monoisotopic (exact) mass is 420 g/mol. The lowest BCUT2D eigenvalue weighted by molar-refractivity contribution is 0.243. The van der Waals surface area contributed by atoms with Crippen LogP contribution in [0, 0.1) is 5.82 Å². The highest BCUT2D eigenvalue weighted by Gasteiger charge is 2.41. The van der Waals surface area contributed by atoms with Crippen molar-refractivity contribution in [1.82, 2.24) is 30.5 Å². The van der Waals surface area contributed by atoms with Crippen LogP contribution in [-0.4, -0.2) is 57.9 Å². The van der Waals surface area contributed by atoms with Crippen molar-refractivity contribution < 1.29 is 4.39 Å². The Morgan fingerprint density at radius 1 is 1.03 bits per heavy atom. The summed E-state index contributed by atoms with van der Waals surface area (Å²) in [4.78, 5) is 15.5. The summed E-state index contributed by atoms with van der Waals surface area (Å²) < 4.78 is 14.3. The second kappa shape index (κ2) is 8.50. The molecule has 0 amide bonds. The van der Waals surface area contributed by atoms with Crippen molar-refractivity contribution in [3.8, 4) is 11.3 Å². The molecule has 9 heteroatoms. The van der Waals surface area contributed by atoms with Gasteiger partial charge in [0.2, 0.25) is 5.95 Å². The van der Waals surface area contributed by atoms with Gasteiger partial charge in [0.1, 0.15) is 11.6 Å². The third kappa shape index (κ3) is 4.05. The zero-order valence-corrected chi connectivity index (χ0v) is 17.3. The Morgan fingerprint density at radius 3 is 2.48 bits per heavy atom. The van der Waals surface area contributed by atoms with Gasteiger partial charge in [0.15, 0.2) is 0 Å². The van der Waals surface area contributed by atoms with Gasteiger partial charge < -0.3 is 15.5 Å². The fourth-order valence-corrected chi connectivity index (χ4v) is 4.20. The van der Waals surface area contributed by atoms with E-state index in [9.17, 15) is 4.39 Å². The zero-order chi connectivity index (χ0) is 21.1. The molecule has 1 aliphatic heterocycles. The molecular weight excluding hydrogens is 395 g/mol. The van der Waals surface area contributed by atoms with E-state index < -0.39 is 0 Å². The summed E-state index contributed by atoms with van der Waals surface area (Å²) in [5.41, 5.74) is 1.80. The molecule has 8 nitrogen and oxygen atoms in total. The van der Waals surface area contributed by atoms with Gasteiger partial charge in [0.05, 0.1) is 11.4 Å². The first-order valence-corrected chi connectivity index (χ1v) is 10.7. The zero-order valence-electron chi connectivity index (χ0n) is 17.3. The van der Waals surface area contributed by atoms with E-state index >= 15 is 0 Å². The van der Waals surface area contributed by atoms with E-state index in [2.05, 4.69) is 40.7 Å². The smallest absolute Gasteiger partial charge is 0.225 e. The third-order valence-corrected chi connectivity index (χ3v) is 6.18. The summed E-state index contributed by atoms with van der Waals surface area (Å²) >= 11 is 0. The molecule has 3 aromatic rings. The Bertz CT molecular complexity index is 1010. The number of piperazine rings is 1. The van der Waals surface area contributed by atoms with Gasteiger partial charge in [0.25, 0.3) is 0 Å². The first-order valence-electron chi connectivity index (χ1n) is 10.7. The van der Waals surface area contributed by atoms with Crippen LogP contribution in [0.5, 0.6) is 0 Å². The van der Waals surface area contributed by atoms with E-state index in [0.717, 1.165) is 57.0 Å². The molecule has 0 unspecified atom stereocenters. The lowest BCUT2D eigenvalue weighted by Gasteiger charge is -2.41. The van der Waals surface area contributed by atoms with Crippen LogP contribution in [0.4, 0.5) is 16.2 Å². The summed E-state index contributed by atoms with van der Waals surface area (Å²) in [6.45, 7) is 4.28. The third-order valence-electron chi connectivity index (χ3n) is 6.18. The Morgan fingerprint density at radius 2 is 1.84 bits per heavy atom. The fourth-order valence-electron chi connectivity index (χ4n) is 4.20. The second-order valence-electron chi connectivity index (χ2n) is 8.13. The minimum absolute atomic E-state index is 0.241. The van der Waals surface area contributed by atoms with Crippen LogP contribution in [0.2, 0.25) is 0 Å². The van der Waals surface area contributed by atoms with Crippen molar-refractivity contribution in [2.45, 2.75) is 24.7 Å². The van der Waals surface area contributed by atoms with Crippen LogP contribution in [0.15, 0.2) is 42.9 Å². The van der Waals surface area contributed by atoms with Crippen molar-refractivity contribution in [3.63, 3.8) is 0 Å². The summed E-state index contributed by atoms with van der Waals surface area (Å²) in [6.07, 6.45) is 8.13. The number of pyridine rings is 1. The first-order chi connectivity index (χ1) is 15.2. The molecule has 1 aliphatic carbocycles. The fraction of sp³-hybridized carbons (Fsp3) is 0.409. The van der Waals surface area contributed by atoms with E-state index in [1.807, 2.05) is 12.1 Å². The Balaban J connectivity index is 1.24. The Kier molecular flexibility index (Phi) is 5.42. The van der Waals surface area contributed by atoms with Crippen molar-refractivity contribution in [3.05, 3.63) is 54.4 Å². The van der Waals surface area contributed by atoms with Crippen molar-refractivity contribution in [2.24, 2.45) is 0 Å². The lowest BCUT2D eigenvalue weighted by atomic mass is 9.66. The number of nitrogens with one attached hydrogen (secondary N) is 2. The molecule has 3 aromatic heterocycles. The lowest BCUT2D eigenvalue weighted by Crippen LogP contribution is -2.44. The van der Waals surface area contributed by atoms with Gasteiger partial charge >= 0.3 is 0 Å². The van der Waals surface area contributed by atoms with Gasteiger partial charge in [-0.05, 0) is 37.1 Å². The molecule has 2 N–H and O–H groups in total. The van der Waals surface area contributed by atoms with Crippen molar-refractivity contribution in [1.29, 1.82) is 0 Å². The molecule has 1 saturated heterocycles. The number of hydrogen-bond donors (Lipinski definition) is 2. The van der Waals surface area contributed by atoms with Gasteiger partial charge in [-0.1, -0.05) is 6.42 Å². The Labute approximate surface area is 180 Å². The van der Waals surface area contributed by atoms with Gasteiger partial charge in [-0.2, -0.15) is 0 Å². The van der Waals surface area contributed by atoms with E-state index in [-0.39, 0.29) is 11.2 Å². The van der Waals surface area contributed by atoms with E-state index in [0.29, 0.717) is 23.8 Å². The van der Waals surface area contributed by atoms with E-state index in [4.69, 9.17) is 0 Å². The molecule has 1 saturated carbocycles. The highest BCUT2D eigenvalue weighted by Crippen LogP contribution is 2.43. The van der Waals surface area contributed by atoms with E-state index in [1.165, 1.54) is 6.07 Å². The molecule has 31 heavy (non-hydrogen) atoms. The maximum Gasteiger partial charge on any atom is 0.225 e. The molecule has 0 aromatic carbocycles. The number of anilines is 2. The number of nitrogens with zero attached hydrogens (tertiary/aromatic N) is 6. The highest BCUT2D eigenvalue weighted by molar-refractivity contribution is 5.58. The predicted octanol–water partition coefficient (Wildman–Crippen LogP) is 2.41. The van der Waals surface area contributed by atoms with Crippen molar-refractivity contribution in [2.75, 3.05) is 42.9 Å². The van der Waals surface area contributed by atoms with Crippen LogP contribution in [-0.2, 0) is 5.41 Å². The molecule has 2 aliphatic rings. The second-order valence-corrected chi connectivity index (χ2v) is 8.13. The van der Waals surface area contributed by atoms with Crippen LogP contribution >= 0.6 is 0 Å². The average molecular weight is 420 g/mol. The standard InChI is InChI=1S/C22H25FN8/c23-17-3-1-8-25-20(17)22(6-2-7-22)15-28-19-5-4-18(29-30-19)16-13-26-21(27-14-16)31-11-9-24-10-12-31/h1,3-5,8,13-14,24H,2,6-7,9-12,15H2,(H,28,30). The van der Waals surface area contributed by atoms with Crippen LogP contribution in [0.25, 0.3) is 11.3 Å². The van der Waals surface area contributed by atoms with Gasteiger partial charge in [-0.15, -0.1) is 10.2 Å². The Hall–Kier alpha value is -3.20. The summed E-state index contributed by atoms with van der Waals surface area (Å²) in [5.74, 6) is 1.16. The predicted molar refractivity (Wildman–Crippen MR) is 116 cm³/mol. The molecule has 4 heterocycles. The molecular formula is C22H25FN8. The van der Waals surface area contributed by atoms with Crippen molar-refractivity contribution >= 4 is 11.8 Å². The number of halogens is 1. The van der Waals surface area contributed by atoms with Crippen LogP contribution in [0.1, 0.15) is 25.0 Å². The molecule has 0 atom stereocenters. The molecule has 5 rings (SSSR count). The largest absolute Gasteiger partial charge is 0.368 e. The van der Waals surface area contributed by atoms with Crippen LogP contribution < -0.4 is 15.5 Å². The number of hydrogen-bond acceptors (Lipinski definition) is 8.